The zero-order valence-corrected chi connectivity index (χ0v) is 11.2. The van der Waals surface area contributed by atoms with E-state index in [-0.39, 0.29) is 23.2 Å². The van der Waals surface area contributed by atoms with Gasteiger partial charge in [-0.05, 0) is 36.0 Å². The van der Waals surface area contributed by atoms with E-state index in [0.29, 0.717) is 18.4 Å². The van der Waals surface area contributed by atoms with Crippen molar-refractivity contribution in [1.82, 2.24) is 0 Å². The SMILES string of the molecule is Cc1cc(C(N)CC(C)(C)CC(N)=O)ccc1F. The van der Waals surface area contributed by atoms with Gasteiger partial charge in [-0.1, -0.05) is 26.0 Å². The van der Waals surface area contributed by atoms with Crippen LogP contribution >= 0.6 is 0 Å². The molecule has 0 aliphatic heterocycles. The first kappa shape index (κ1) is 14.6. The Morgan fingerprint density at radius 2 is 2.06 bits per heavy atom. The van der Waals surface area contributed by atoms with Gasteiger partial charge in [0.05, 0.1) is 0 Å². The number of carbonyl (C=O) groups excluding carboxylic acids is 1. The van der Waals surface area contributed by atoms with Crippen molar-refractivity contribution in [3.8, 4) is 0 Å². The molecule has 1 atom stereocenters. The number of amides is 1. The Bertz CT molecular complexity index is 443. The molecular formula is C14H21FN2O. The fourth-order valence-corrected chi connectivity index (χ4v) is 2.16. The third-order valence-electron chi connectivity index (χ3n) is 3.04. The summed E-state index contributed by atoms with van der Waals surface area (Å²) in [5.41, 5.74) is 12.5. The van der Waals surface area contributed by atoms with Crippen molar-refractivity contribution in [1.29, 1.82) is 0 Å². The van der Waals surface area contributed by atoms with Gasteiger partial charge in [-0.3, -0.25) is 4.79 Å². The van der Waals surface area contributed by atoms with Gasteiger partial charge in [-0.2, -0.15) is 0 Å². The summed E-state index contributed by atoms with van der Waals surface area (Å²) in [5.74, 6) is -0.565. The number of nitrogens with two attached hydrogens (primary N) is 2. The Morgan fingerprint density at radius 1 is 1.44 bits per heavy atom. The van der Waals surface area contributed by atoms with Gasteiger partial charge in [0, 0.05) is 12.5 Å². The van der Waals surface area contributed by atoms with Gasteiger partial charge in [0.2, 0.25) is 5.91 Å². The molecule has 0 aliphatic rings. The van der Waals surface area contributed by atoms with Crippen LogP contribution in [0.1, 0.15) is 43.9 Å². The fourth-order valence-electron chi connectivity index (χ4n) is 2.16. The van der Waals surface area contributed by atoms with E-state index in [1.807, 2.05) is 13.8 Å². The van der Waals surface area contributed by atoms with Crippen LogP contribution in [0.5, 0.6) is 0 Å². The Morgan fingerprint density at radius 3 is 2.56 bits per heavy atom. The number of carbonyl (C=O) groups is 1. The van der Waals surface area contributed by atoms with Crippen molar-refractivity contribution < 1.29 is 9.18 Å². The van der Waals surface area contributed by atoms with Gasteiger partial charge in [0.25, 0.3) is 0 Å². The third kappa shape index (κ3) is 4.11. The third-order valence-corrected chi connectivity index (χ3v) is 3.04. The largest absolute Gasteiger partial charge is 0.370 e. The summed E-state index contributed by atoms with van der Waals surface area (Å²) in [6.45, 7) is 5.61. The Hall–Kier alpha value is -1.42. The molecular weight excluding hydrogens is 231 g/mol. The molecule has 1 rings (SSSR count). The Balaban J connectivity index is 2.78. The van der Waals surface area contributed by atoms with Gasteiger partial charge in [0.15, 0.2) is 0 Å². The highest BCUT2D eigenvalue weighted by molar-refractivity contribution is 5.74. The molecule has 0 saturated carbocycles. The summed E-state index contributed by atoms with van der Waals surface area (Å²) in [5, 5.41) is 0. The van der Waals surface area contributed by atoms with E-state index in [9.17, 15) is 9.18 Å². The van der Waals surface area contributed by atoms with E-state index < -0.39 is 0 Å². The van der Waals surface area contributed by atoms with Gasteiger partial charge in [-0.25, -0.2) is 4.39 Å². The van der Waals surface area contributed by atoms with Crippen molar-refractivity contribution in [3.05, 3.63) is 35.1 Å². The predicted octanol–water partition coefficient (Wildman–Crippen LogP) is 2.43. The number of hydrogen-bond acceptors (Lipinski definition) is 2. The second kappa shape index (κ2) is 5.48. The standard InChI is InChI=1S/C14H21FN2O/c1-9-6-10(4-5-11(9)15)12(16)7-14(2,3)8-13(17)18/h4-6,12H,7-8,16H2,1-3H3,(H2,17,18). The molecule has 0 aliphatic carbocycles. The van der Waals surface area contributed by atoms with Gasteiger partial charge < -0.3 is 11.5 Å². The van der Waals surface area contributed by atoms with Crippen molar-refractivity contribution >= 4 is 5.91 Å². The first-order valence-corrected chi connectivity index (χ1v) is 6.01. The number of benzene rings is 1. The van der Waals surface area contributed by atoms with Crippen LogP contribution in [0.3, 0.4) is 0 Å². The van der Waals surface area contributed by atoms with Gasteiger partial charge in [0.1, 0.15) is 5.82 Å². The van der Waals surface area contributed by atoms with Crippen LogP contribution < -0.4 is 11.5 Å². The van der Waals surface area contributed by atoms with Crippen LogP contribution in [0, 0.1) is 18.2 Å². The summed E-state index contributed by atoms with van der Waals surface area (Å²) < 4.78 is 13.2. The summed E-state index contributed by atoms with van der Waals surface area (Å²) in [6.07, 6.45) is 0.919. The van der Waals surface area contributed by atoms with Crippen LogP contribution in [0.15, 0.2) is 18.2 Å². The molecule has 100 valence electrons. The van der Waals surface area contributed by atoms with Crippen LogP contribution in [0.4, 0.5) is 4.39 Å². The Labute approximate surface area is 107 Å². The second-order valence-corrected chi connectivity index (χ2v) is 5.63. The Kier molecular flexibility index (Phi) is 4.46. The van der Waals surface area contributed by atoms with Crippen LogP contribution in [-0.2, 0) is 4.79 Å². The maximum atomic E-state index is 13.2. The van der Waals surface area contributed by atoms with Gasteiger partial charge in [-0.15, -0.1) is 0 Å². The van der Waals surface area contributed by atoms with E-state index in [4.69, 9.17) is 11.5 Å². The average molecular weight is 252 g/mol. The number of primary amides is 1. The maximum absolute atomic E-state index is 13.2. The van der Waals surface area contributed by atoms with E-state index in [1.54, 1.807) is 19.1 Å². The zero-order valence-electron chi connectivity index (χ0n) is 11.2. The smallest absolute Gasteiger partial charge is 0.217 e. The number of hydrogen-bond donors (Lipinski definition) is 2. The molecule has 1 aromatic rings. The fraction of sp³-hybridized carbons (Fsp3) is 0.500. The van der Waals surface area contributed by atoms with Gasteiger partial charge >= 0.3 is 0 Å². The zero-order chi connectivity index (χ0) is 13.9. The monoisotopic (exact) mass is 252 g/mol. The maximum Gasteiger partial charge on any atom is 0.217 e. The van der Waals surface area contributed by atoms with Crippen molar-refractivity contribution in [3.63, 3.8) is 0 Å². The summed E-state index contributed by atoms with van der Waals surface area (Å²) in [6, 6.07) is 4.64. The van der Waals surface area contributed by atoms with E-state index >= 15 is 0 Å². The summed E-state index contributed by atoms with van der Waals surface area (Å²) in [7, 11) is 0. The molecule has 4 N–H and O–H groups in total. The molecule has 18 heavy (non-hydrogen) atoms. The lowest BCUT2D eigenvalue weighted by Crippen LogP contribution is -2.27. The van der Waals surface area contributed by atoms with E-state index in [1.165, 1.54) is 6.07 Å². The normalized spacial score (nSPS) is 13.4. The molecule has 0 radical (unpaired) electrons. The summed E-state index contributed by atoms with van der Waals surface area (Å²) in [4.78, 5) is 11.0. The van der Waals surface area contributed by atoms with Crippen molar-refractivity contribution in [2.45, 2.75) is 39.7 Å². The molecule has 0 bridgehead atoms. The molecule has 0 spiro atoms. The first-order chi connectivity index (χ1) is 8.21. The van der Waals surface area contributed by atoms with Crippen molar-refractivity contribution in [2.75, 3.05) is 0 Å². The highest BCUT2D eigenvalue weighted by atomic mass is 19.1. The predicted molar refractivity (Wildman–Crippen MR) is 70.3 cm³/mol. The molecule has 0 fully saturated rings. The molecule has 0 aromatic heterocycles. The highest BCUT2D eigenvalue weighted by Crippen LogP contribution is 2.31. The first-order valence-electron chi connectivity index (χ1n) is 6.01. The number of rotatable bonds is 5. The average Bonchev–Trinajstić information content (AvgIpc) is 2.19. The highest BCUT2D eigenvalue weighted by Gasteiger charge is 2.24. The minimum atomic E-state index is -0.331. The quantitative estimate of drug-likeness (QED) is 0.845. The molecule has 3 nitrogen and oxygen atoms in total. The van der Waals surface area contributed by atoms with Crippen molar-refractivity contribution in [2.24, 2.45) is 16.9 Å². The summed E-state index contributed by atoms with van der Waals surface area (Å²) >= 11 is 0. The van der Waals surface area contributed by atoms with E-state index in [2.05, 4.69) is 0 Å². The molecule has 0 heterocycles. The molecule has 1 amide bonds. The van der Waals surface area contributed by atoms with Crippen LogP contribution in [-0.4, -0.2) is 5.91 Å². The molecule has 1 aromatic carbocycles. The minimum absolute atomic E-state index is 0.223. The van der Waals surface area contributed by atoms with Crippen LogP contribution in [0.2, 0.25) is 0 Å². The topological polar surface area (TPSA) is 69.1 Å². The molecule has 4 heteroatoms. The lowest BCUT2D eigenvalue weighted by atomic mass is 9.81. The molecule has 1 unspecified atom stereocenters. The minimum Gasteiger partial charge on any atom is -0.370 e. The van der Waals surface area contributed by atoms with Crippen LogP contribution in [0.25, 0.3) is 0 Å². The second-order valence-electron chi connectivity index (χ2n) is 5.63. The number of aryl methyl sites for hydroxylation is 1. The van der Waals surface area contributed by atoms with E-state index in [0.717, 1.165) is 5.56 Å². The lowest BCUT2D eigenvalue weighted by molar-refractivity contribution is -0.120. The number of halogens is 1. The molecule has 0 saturated heterocycles. The lowest BCUT2D eigenvalue weighted by Gasteiger charge is -2.27.